The van der Waals surface area contributed by atoms with Gasteiger partial charge in [0.25, 0.3) is 0 Å². The predicted molar refractivity (Wildman–Crippen MR) is 78.8 cm³/mol. The zero-order valence-corrected chi connectivity index (χ0v) is 12.6. The molecule has 18 heavy (non-hydrogen) atoms. The fourth-order valence-electron chi connectivity index (χ4n) is 2.84. The van der Waals surface area contributed by atoms with Gasteiger partial charge in [0.15, 0.2) is 0 Å². The maximum Gasteiger partial charge on any atom is 0.0971 e. The summed E-state index contributed by atoms with van der Waals surface area (Å²) in [7, 11) is 0. The fraction of sp³-hybridized carbons (Fsp3) is 1.00. The molecule has 1 aliphatic rings. The van der Waals surface area contributed by atoms with E-state index in [2.05, 4.69) is 19.2 Å². The molecule has 1 N–H and O–H groups in total. The third-order valence-corrected chi connectivity index (χ3v) is 4.36. The largest absolute Gasteiger partial charge is 0.364 e. The van der Waals surface area contributed by atoms with Crippen LogP contribution in [0, 0.1) is 0 Å². The number of hydrogen-bond donors (Lipinski definition) is 1. The van der Waals surface area contributed by atoms with E-state index in [0.717, 1.165) is 13.3 Å². The van der Waals surface area contributed by atoms with Crippen LogP contribution in [0.15, 0.2) is 0 Å². The van der Waals surface area contributed by atoms with Crippen molar-refractivity contribution in [3.8, 4) is 0 Å². The lowest BCUT2D eigenvalue weighted by atomic mass is 9.90. The molecule has 0 aromatic rings. The van der Waals surface area contributed by atoms with Crippen LogP contribution in [0.5, 0.6) is 0 Å². The molecule has 0 bridgehead atoms. The summed E-state index contributed by atoms with van der Waals surface area (Å²) in [5.41, 5.74) is 0.307. The molecule has 0 aromatic heterocycles. The van der Waals surface area contributed by atoms with Crippen LogP contribution < -0.4 is 5.32 Å². The lowest BCUT2D eigenvalue weighted by molar-refractivity contribution is 0.171. The first-order valence-corrected chi connectivity index (χ1v) is 8.16. The summed E-state index contributed by atoms with van der Waals surface area (Å²) in [6.07, 6.45) is 15.2. The van der Waals surface area contributed by atoms with Gasteiger partial charge in [-0.05, 0) is 12.8 Å². The van der Waals surface area contributed by atoms with E-state index in [-0.39, 0.29) is 0 Å². The van der Waals surface area contributed by atoms with Crippen molar-refractivity contribution in [2.45, 2.75) is 90.0 Å². The molecule has 0 saturated carbocycles. The van der Waals surface area contributed by atoms with Crippen LogP contribution >= 0.6 is 0 Å². The summed E-state index contributed by atoms with van der Waals surface area (Å²) in [6, 6.07) is 0. The summed E-state index contributed by atoms with van der Waals surface area (Å²) in [4.78, 5) is 0. The predicted octanol–water partition coefficient (Wildman–Crippen LogP) is 4.63. The van der Waals surface area contributed by atoms with Crippen LogP contribution in [0.2, 0.25) is 0 Å². The summed E-state index contributed by atoms with van der Waals surface area (Å²) in [5.74, 6) is 0. The van der Waals surface area contributed by atoms with E-state index in [0.29, 0.717) is 5.54 Å². The standard InChI is InChI=1S/C16H33NO/c1-3-5-6-7-8-9-10-11-12-13-16(4-2)14-18-15-17-16/h17H,3-15H2,1-2H3. The molecular formula is C16H33NO. The average molecular weight is 255 g/mol. The third kappa shape index (κ3) is 6.19. The monoisotopic (exact) mass is 255 g/mol. The van der Waals surface area contributed by atoms with Crippen LogP contribution in [-0.4, -0.2) is 18.9 Å². The normalized spacial score (nSPS) is 23.7. The van der Waals surface area contributed by atoms with Crippen molar-refractivity contribution in [3.05, 3.63) is 0 Å². The van der Waals surface area contributed by atoms with Crippen LogP contribution in [-0.2, 0) is 4.74 Å². The molecule has 2 nitrogen and oxygen atoms in total. The molecule has 1 heterocycles. The van der Waals surface area contributed by atoms with Crippen molar-refractivity contribution in [3.63, 3.8) is 0 Å². The number of nitrogens with one attached hydrogen (secondary N) is 1. The molecule has 1 saturated heterocycles. The summed E-state index contributed by atoms with van der Waals surface area (Å²) in [5, 5.41) is 3.52. The van der Waals surface area contributed by atoms with Crippen LogP contribution in [0.4, 0.5) is 0 Å². The smallest absolute Gasteiger partial charge is 0.0971 e. The van der Waals surface area contributed by atoms with Gasteiger partial charge in [0.2, 0.25) is 0 Å². The van der Waals surface area contributed by atoms with Gasteiger partial charge in [-0.3, -0.25) is 5.32 Å². The molecule has 2 heteroatoms. The molecule has 1 rings (SSSR count). The molecule has 0 amide bonds. The van der Waals surface area contributed by atoms with E-state index >= 15 is 0 Å². The third-order valence-electron chi connectivity index (χ3n) is 4.36. The van der Waals surface area contributed by atoms with Gasteiger partial charge in [-0.2, -0.15) is 0 Å². The molecule has 108 valence electrons. The van der Waals surface area contributed by atoms with Crippen molar-refractivity contribution in [1.29, 1.82) is 0 Å². The first-order chi connectivity index (χ1) is 8.83. The van der Waals surface area contributed by atoms with E-state index in [4.69, 9.17) is 4.74 Å². The number of hydrogen-bond acceptors (Lipinski definition) is 2. The first kappa shape index (κ1) is 16.0. The Bertz CT molecular complexity index is 188. The van der Waals surface area contributed by atoms with Crippen LogP contribution in [0.1, 0.15) is 84.5 Å². The second-order valence-electron chi connectivity index (χ2n) is 5.88. The Morgan fingerprint density at radius 2 is 1.50 bits per heavy atom. The second-order valence-corrected chi connectivity index (χ2v) is 5.88. The Morgan fingerprint density at radius 1 is 0.889 bits per heavy atom. The van der Waals surface area contributed by atoms with Crippen molar-refractivity contribution < 1.29 is 4.74 Å². The Morgan fingerprint density at radius 3 is 2.00 bits per heavy atom. The zero-order chi connectivity index (χ0) is 13.1. The molecule has 0 radical (unpaired) electrons. The minimum absolute atomic E-state index is 0.307. The van der Waals surface area contributed by atoms with Crippen molar-refractivity contribution >= 4 is 0 Å². The minimum atomic E-state index is 0.307. The van der Waals surface area contributed by atoms with Gasteiger partial charge < -0.3 is 4.74 Å². The summed E-state index contributed by atoms with van der Waals surface area (Å²) < 4.78 is 5.47. The van der Waals surface area contributed by atoms with Crippen molar-refractivity contribution in [1.82, 2.24) is 5.32 Å². The molecule has 1 atom stereocenters. The van der Waals surface area contributed by atoms with Crippen LogP contribution in [0.3, 0.4) is 0 Å². The number of ether oxygens (including phenoxy) is 1. The topological polar surface area (TPSA) is 21.3 Å². The van der Waals surface area contributed by atoms with Crippen LogP contribution in [0.25, 0.3) is 0 Å². The van der Waals surface area contributed by atoms with E-state index < -0.39 is 0 Å². The maximum absolute atomic E-state index is 5.47. The SMILES string of the molecule is CCCCCCCCCCCC1(CC)COCN1. The molecular weight excluding hydrogens is 222 g/mol. The number of unbranched alkanes of at least 4 members (excludes halogenated alkanes) is 8. The van der Waals surface area contributed by atoms with Crippen molar-refractivity contribution in [2.24, 2.45) is 0 Å². The van der Waals surface area contributed by atoms with Gasteiger partial charge in [-0.1, -0.05) is 71.6 Å². The summed E-state index contributed by atoms with van der Waals surface area (Å²) in [6.45, 7) is 6.23. The van der Waals surface area contributed by atoms with E-state index in [1.54, 1.807) is 0 Å². The van der Waals surface area contributed by atoms with E-state index in [1.807, 2.05) is 0 Å². The lowest BCUT2D eigenvalue weighted by Gasteiger charge is -2.26. The fourth-order valence-corrected chi connectivity index (χ4v) is 2.84. The quantitative estimate of drug-likeness (QED) is 0.543. The minimum Gasteiger partial charge on any atom is -0.364 e. The maximum atomic E-state index is 5.47. The van der Waals surface area contributed by atoms with E-state index in [9.17, 15) is 0 Å². The van der Waals surface area contributed by atoms with E-state index in [1.165, 1.54) is 70.6 Å². The molecule has 0 aliphatic carbocycles. The average Bonchev–Trinajstić information content (AvgIpc) is 2.86. The molecule has 0 aromatic carbocycles. The number of rotatable bonds is 11. The van der Waals surface area contributed by atoms with Gasteiger partial charge in [0.1, 0.15) is 0 Å². The Labute approximate surface area is 114 Å². The van der Waals surface area contributed by atoms with Gasteiger partial charge in [-0.25, -0.2) is 0 Å². The zero-order valence-electron chi connectivity index (χ0n) is 12.6. The van der Waals surface area contributed by atoms with Gasteiger partial charge >= 0.3 is 0 Å². The first-order valence-electron chi connectivity index (χ1n) is 8.16. The molecule has 1 aliphatic heterocycles. The highest BCUT2D eigenvalue weighted by molar-refractivity contribution is 4.88. The Balaban J connectivity index is 1.89. The van der Waals surface area contributed by atoms with Gasteiger partial charge in [0.05, 0.1) is 13.3 Å². The highest BCUT2D eigenvalue weighted by Gasteiger charge is 2.31. The van der Waals surface area contributed by atoms with Gasteiger partial charge in [0, 0.05) is 5.54 Å². The highest BCUT2D eigenvalue weighted by Crippen LogP contribution is 2.23. The highest BCUT2D eigenvalue weighted by atomic mass is 16.5. The Kier molecular flexibility index (Phi) is 8.70. The molecule has 1 fully saturated rings. The summed E-state index contributed by atoms with van der Waals surface area (Å²) >= 11 is 0. The Hall–Kier alpha value is -0.0800. The van der Waals surface area contributed by atoms with Gasteiger partial charge in [-0.15, -0.1) is 0 Å². The lowest BCUT2D eigenvalue weighted by Crippen LogP contribution is -2.41. The molecule has 1 unspecified atom stereocenters. The molecule has 0 spiro atoms. The van der Waals surface area contributed by atoms with Crippen molar-refractivity contribution in [2.75, 3.05) is 13.3 Å². The second kappa shape index (κ2) is 9.80.